The van der Waals surface area contributed by atoms with Crippen LogP contribution in [0.3, 0.4) is 0 Å². The molecule has 0 N–H and O–H groups in total. The van der Waals surface area contributed by atoms with E-state index < -0.39 is 9.05 Å². The van der Waals surface area contributed by atoms with E-state index in [0.717, 1.165) is 0 Å². The summed E-state index contributed by atoms with van der Waals surface area (Å²) in [5.41, 5.74) is 0. The Morgan fingerprint density at radius 1 is 0.480 bits per heavy atom. The van der Waals surface area contributed by atoms with Gasteiger partial charge in [0.25, 0.3) is 0 Å². The molecule has 8 nitrogen and oxygen atoms in total. The molecule has 4 atom stereocenters. The van der Waals surface area contributed by atoms with Gasteiger partial charge < -0.3 is 36.7 Å². The highest BCUT2D eigenvalue weighted by Crippen LogP contribution is 2.21. The van der Waals surface area contributed by atoms with Gasteiger partial charge in [0.2, 0.25) is 0 Å². The second-order valence-electron chi connectivity index (χ2n) is 6.04. The zero-order valence-corrected chi connectivity index (χ0v) is 17.9. The molecule has 25 heavy (non-hydrogen) atoms. The van der Waals surface area contributed by atoms with E-state index in [9.17, 15) is 0 Å². The number of hydrogen-bond donors (Lipinski definition) is 0. The van der Waals surface area contributed by atoms with Gasteiger partial charge in [-0.25, -0.2) is 0 Å². The average Bonchev–Trinajstić information content (AvgIpc) is 2.47. The van der Waals surface area contributed by atoms with Gasteiger partial charge in [0, 0.05) is 28.4 Å². The molecule has 0 aliphatic heterocycles. The van der Waals surface area contributed by atoms with Crippen molar-refractivity contribution < 1.29 is 36.7 Å². The smallest absolute Gasteiger partial charge is 0.382 e. The SMILES string of the molecule is COC[C@@H](C)O[Si](O[C@@H](C)COC)(O[C@@H](C)COC)O[C@@H](C)COC. The maximum absolute atomic E-state index is 6.11. The number of ether oxygens (including phenoxy) is 4. The molecule has 0 saturated heterocycles. The first-order valence-corrected chi connectivity index (χ1v) is 10.1. The van der Waals surface area contributed by atoms with Gasteiger partial charge in [-0.2, -0.15) is 0 Å². The first-order chi connectivity index (χ1) is 11.8. The lowest BCUT2D eigenvalue weighted by molar-refractivity contribution is -0.122. The molecule has 9 heteroatoms. The van der Waals surface area contributed by atoms with Crippen LogP contribution in [0.2, 0.25) is 0 Å². The van der Waals surface area contributed by atoms with Crippen LogP contribution < -0.4 is 0 Å². The summed E-state index contributed by atoms with van der Waals surface area (Å²) in [6.07, 6.45) is -1.07. The Hall–Kier alpha value is -0.103. The third kappa shape index (κ3) is 11.3. The van der Waals surface area contributed by atoms with Crippen molar-refractivity contribution in [3.8, 4) is 0 Å². The van der Waals surface area contributed by atoms with Crippen LogP contribution in [-0.2, 0) is 36.7 Å². The lowest BCUT2D eigenvalue weighted by Gasteiger charge is -2.36. The summed E-state index contributed by atoms with van der Waals surface area (Å²) in [4.78, 5) is 0. The number of methoxy groups -OCH3 is 4. The van der Waals surface area contributed by atoms with Gasteiger partial charge in [-0.05, 0) is 27.7 Å². The third-order valence-corrected chi connectivity index (χ3v) is 5.75. The van der Waals surface area contributed by atoms with E-state index in [1.165, 1.54) is 0 Å². The van der Waals surface area contributed by atoms with Gasteiger partial charge in [0.05, 0.1) is 50.8 Å². The molecule has 152 valence electrons. The highest BCUT2D eigenvalue weighted by molar-refractivity contribution is 6.53. The van der Waals surface area contributed by atoms with Crippen LogP contribution in [0.5, 0.6) is 0 Å². The largest absolute Gasteiger partial charge is 0.680 e. The van der Waals surface area contributed by atoms with Crippen molar-refractivity contribution >= 4 is 9.05 Å². The van der Waals surface area contributed by atoms with Crippen LogP contribution in [0.15, 0.2) is 0 Å². The molecule has 0 aliphatic carbocycles. The molecule has 0 aromatic rings. The first-order valence-electron chi connectivity index (χ1n) is 8.49. The maximum Gasteiger partial charge on any atom is 0.680 e. The maximum atomic E-state index is 6.11. The highest BCUT2D eigenvalue weighted by Gasteiger charge is 2.51. The Kier molecular flexibility index (Phi) is 14.0. The Labute approximate surface area is 153 Å². The summed E-state index contributed by atoms with van der Waals surface area (Å²) >= 11 is 0. The van der Waals surface area contributed by atoms with E-state index in [2.05, 4.69) is 0 Å². The van der Waals surface area contributed by atoms with E-state index >= 15 is 0 Å². The second-order valence-corrected chi connectivity index (χ2v) is 7.98. The van der Waals surface area contributed by atoms with Crippen molar-refractivity contribution in [1.29, 1.82) is 0 Å². The summed E-state index contributed by atoms with van der Waals surface area (Å²) in [5, 5.41) is 0. The fraction of sp³-hybridized carbons (Fsp3) is 1.00. The van der Waals surface area contributed by atoms with Gasteiger partial charge in [0.15, 0.2) is 0 Å². The Morgan fingerprint density at radius 3 is 0.840 bits per heavy atom. The molecular weight excluding hydrogens is 348 g/mol. The molecule has 0 radical (unpaired) electrons. The zero-order chi connectivity index (χ0) is 19.3. The van der Waals surface area contributed by atoms with Crippen molar-refractivity contribution in [2.75, 3.05) is 54.9 Å². The van der Waals surface area contributed by atoms with Gasteiger partial charge >= 0.3 is 9.05 Å². The fourth-order valence-electron chi connectivity index (χ4n) is 2.23. The molecule has 0 amide bonds. The highest BCUT2D eigenvalue weighted by atomic mass is 28.4. The summed E-state index contributed by atoms with van der Waals surface area (Å²) < 4.78 is 45.1. The van der Waals surface area contributed by atoms with E-state index in [-0.39, 0.29) is 24.4 Å². The van der Waals surface area contributed by atoms with Crippen LogP contribution in [-0.4, -0.2) is 88.3 Å². The molecular formula is C16H36O8Si. The first kappa shape index (κ1) is 24.9. The average molecular weight is 385 g/mol. The molecule has 0 heterocycles. The molecule has 0 saturated carbocycles. The zero-order valence-electron chi connectivity index (χ0n) is 16.9. The molecule has 0 aromatic heterocycles. The summed E-state index contributed by atoms with van der Waals surface area (Å²) in [6.45, 7) is 9.08. The van der Waals surface area contributed by atoms with Crippen LogP contribution >= 0.6 is 0 Å². The van der Waals surface area contributed by atoms with Crippen molar-refractivity contribution in [2.24, 2.45) is 0 Å². The predicted octanol–water partition coefficient (Wildman–Crippen LogP) is 1.63. The fourth-order valence-corrected chi connectivity index (χ4v) is 4.80. The second kappa shape index (κ2) is 14.0. The van der Waals surface area contributed by atoms with Crippen molar-refractivity contribution in [1.82, 2.24) is 0 Å². The lowest BCUT2D eigenvalue weighted by Crippen LogP contribution is -2.57. The van der Waals surface area contributed by atoms with Crippen molar-refractivity contribution in [2.45, 2.75) is 52.1 Å². The number of hydrogen-bond acceptors (Lipinski definition) is 8. The minimum Gasteiger partial charge on any atom is -0.382 e. The Bertz CT molecular complexity index is 259. The predicted molar refractivity (Wildman–Crippen MR) is 95.4 cm³/mol. The van der Waals surface area contributed by atoms with Crippen LogP contribution in [0.25, 0.3) is 0 Å². The summed E-state index contributed by atoms with van der Waals surface area (Å²) in [7, 11) is 2.93. The number of rotatable bonds is 16. The van der Waals surface area contributed by atoms with Crippen LogP contribution in [0.4, 0.5) is 0 Å². The van der Waals surface area contributed by atoms with Gasteiger partial charge in [-0.15, -0.1) is 0 Å². The lowest BCUT2D eigenvalue weighted by atomic mass is 10.4. The molecule has 0 rings (SSSR count). The van der Waals surface area contributed by atoms with Gasteiger partial charge in [-0.1, -0.05) is 0 Å². The molecule has 0 bridgehead atoms. The van der Waals surface area contributed by atoms with E-state index in [1.54, 1.807) is 28.4 Å². The standard InChI is InChI=1S/C16H36O8Si/c1-13(9-17-5)21-25(22-14(2)10-18-6,23-15(3)11-19-7)24-16(4)12-20-8/h13-16H,9-12H2,1-8H3/t13-,14-,15-,16+/m0/s1. The van der Waals surface area contributed by atoms with Crippen LogP contribution in [0.1, 0.15) is 27.7 Å². The normalized spacial score (nSPS) is 17.3. The molecule has 0 aliphatic rings. The van der Waals surface area contributed by atoms with Crippen LogP contribution in [0, 0.1) is 0 Å². The minimum absolute atomic E-state index is 0.268. The van der Waals surface area contributed by atoms with E-state index in [0.29, 0.717) is 26.4 Å². The topological polar surface area (TPSA) is 73.8 Å². The monoisotopic (exact) mass is 384 g/mol. The molecule has 0 aromatic carbocycles. The third-order valence-electron chi connectivity index (χ3n) is 2.99. The Balaban J connectivity index is 5.39. The van der Waals surface area contributed by atoms with E-state index in [4.69, 9.17) is 36.7 Å². The molecule has 0 fully saturated rings. The minimum atomic E-state index is -3.52. The quantitative estimate of drug-likeness (QED) is 0.372. The summed E-state index contributed by atoms with van der Waals surface area (Å²) in [6, 6.07) is 0. The molecule has 0 unspecified atom stereocenters. The Morgan fingerprint density at radius 2 is 0.680 bits per heavy atom. The molecule has 0 spiro atoms. The van der Waals surface area contributed by atoms with Gasteiger partial charge in [-0.3, -0.25) is 0 Å². The van der Waals surface area contributed by atoms with Crippen molar-refractivity contribution in [3.05, 3.63) is 0 Å². The van der Waals surface area contributed by atoms with Gasteiger partial charge in [0.1, 0.15) is 0 Å². The summed E-state index contributed by atoms with van der Waals surface area (Å²) in [5.74, 6) is 0. The van der Waals surface area contributed by atoms with Crippen molar-refractivity contribution in [3.63, 3.8) is 0 Å². The van der Waals surface area contributed by atoms with E-state index in [1.807, 2.05) is 27.7 Å².